The monoisotopic (exact) mass is 437 g/mol. The van der Waals surface area contributed by atoms with Gasteiger partial charge in [0.25, 0.3) is 5.91 Å². The first-order valence-corrected chi connectivity index (χ1v) is 11.2. The summed E-state index contributed by atoms with van der Waals surface area (Å²) in [5, 5.41) is 13.5. The number of anilines is 1. The van der Waals surface area contributed by atoms with E-state index in [1.165, 1.54) is 11.8 Å². The van der Waals surface area contributed by atoms with Gasteiger partial charge >= 0.3 is 0 Å². The lowest BCUT2D eigenvalue weighted by Gasteiger charge is -2.19. The number of rotatable bonds is 9. The van der Waals surface area contributed by atoms with Crippen LogP contribution in [0.25, 0.3) is 0 Å². The van der Waals surface area contributed by atoms with E-state index in [2.05, 4.69) is 32.7 Å². The SMILES string of the molecule is CCc1ccccc1NC(=O)CSc1n[nH]c(C(NC(=O)c2ccccc2)C(C)C)n1. The van der Waals surface area contributed by atoms with Crippen LogP contribution in [0.1, 0.15) is 48.6 Å². The zero-order valence-electron chi connectivity index (χ0n) is 17.9. The van der Waals surface area contributed by atoms with Gasteiger partial charge in [-0.2, -0.15) is 0 Å². The number of carbonyl (C=O) groups is 2. The number of H-pyrrole nitrogens is 1. The average molecular weight is 438 g/mol. The van der Waals surface area contributed by atoms with Gasteiger partial charge < -0.3 is 10.6 Å². The molecular formula is C23H27N5O2S. The van der Waals surface area contributed by atoms with E-state index in [0.717, 1.165) is 17.7 Å². The Kier molecular flexibility index (Phi) is 7.83. The number of thioether (sulfide) groups is 1. The first-order chi connectivity index (χ1) is 15.0. The van der Waals surface area contributed by atoms with Crippen molar-refractivity contribution in [3.8, 4) is 0 Å². The molecule has 31 heavy (non-hydrogen) atoms. The van der Waals surface area contributed by atoms with Gasteiger partial charge in [0.15, 0.2) is 0 Å². The summed E-state index contributed by atoms with van der Waals surface area (Å²) in [6.45, 7) is 6.06. The number of nitrogens with one attached hydrogen (secondary N) is 3. The Labute approximate surface area is 186 Å². The molecule has 0 aliphatic heterocycles. The molecule has 0 spiro atoms. The van der Waals surface area contributed by atoms with Gasteiger partial charge in [0, 0.05) is 11.3 Å². The second-order valence-electron chi connectivity index (χ2n) is 7.41. The number of aromatic amines is 1. The lowest BCUT2D eigenvalue weighted by molar-refractivity contribution is -0.113. The highest BCUT2D eigenvalue weighted by Crippen LogP contribution is 2.22. The maximum atomic E-state index is 12.5. The predicted molar refractivity (Wildman–Crippen MR) is 123 cm³/mol. The number of hydrogen-bond donors (Lipinski definition) is 3. The minimum Gasteiger partial charge on any atom is -0.342 e. The Morgan fingerprint density at radius 3 is 2.48 bits per heavy atom. The minimum atomic E-state index is -0.320. The molecule has 0 saturated carbocycles. The van der Waals surface area contributed by atoms with E-state index in [1.54, 1.807) is 12.1 Å². The molecule has 1 aromatic heterocycles. The standard InChI is InChI=1S/C23H27N5O2S/c1-4-16-10-8-9-13-18(16)24-19(29)14-31-23-26-21(27-28-23)20(15(2)3)25-22(30)17-11-6-5-7-12-17/h5-13,15,20H,4,14H2,1-3H3,(H,24,29)(H,25,30)(H,26,27,28). The molecule has 7 nitrogen and oxygen atoms in total. The quantitative estimate of drug-likeness (QED) is 0.435. The van der Waals surface area contributed by atoms with E-state index in [0.29, 0.717) is 16.5 Å². The first-order valence-electron chi connectivity index (χ1n) is 10.3. The zero-order valence-corrected chi connectivity index (χ0v) is 18.7. The van der Waals surface area contributed by atoms with Crippen molar-refractivity contribution in [1.29, 1.82) is 0 Å². The Hall–Kier alpha value is -3.13. The molecule has 0 radical (unpaired) electrons. The lowest BCUT2D eigenvalue weighted by Crippen LogP contribution is -2.32. The topological polar surface area (TPSA) is 99.8 Å². The molecule has 1 unspecified atom stereocenters. The van der Waals surface area contributed by atoms with Gasteiger partial charge in [-0.05, 0) is 36.1 Å². The number of para-hydroxylation sites is 1. The van der Waals surface area contributed by atoms with Gasteiger partial charge in [0.05, 0.1) is 11.8 Å². The number of aryl methyl sites for hydroxylation is 1. The third kappa shape index (κ3) is 6.18. The molecule has 0 fully saturated rings. The highest BCUT2D eigenvalue weighted by atomic mass is 32.2. The van der Waals surface area contributed by atoms with E-state index >= 15 is 0 Å². The summed E-state index contributed by atoms with van der Waals surface area (Å²) in [7, 11) is 0. The molecule has 8 heteroatoms. The van der Waals surface area contributed by atoms with Gasteiger partial charge in [0.2, 0.25) is 11.1 Å². The molecule has 3 rings (SSSR count). The Bertz CT molecular complexity index is 1020. The summed E-state index contributed by atoms with van der Waals surface area (Å²) in [6.07, 6.45) is 0.846. The van der Waals surface area contributed by atoms with Gasteiger partial charge in [0.1, 0.15) is 5.82 Å². The van der Waals surface area contributed by atoms with E-state index in [1.807, 2.05) is 56.3 Å². The van der Waals surface area contributed by atoms with Crippen molar-refractivity contribution in [1.82, 2.24) is 20.5 Å². The summed E-state index contributed by atoms with van der Waals surface area (Å²) in [5.41, 5.74) is 2.51. The van der Waals surface area contributed by atoms with Crippen molar-refractivity contribution in [2.45, 2.75) is 38.4 Å². The molecule has 1 heterocycles. The molecule has 2 amide bonds. The summed E-state index contributed by atoms with van der Waals surface area (Å²) < 4.78 is 0. The van der Waals surface area contributed by atoms with Crippen molar-refractivity contribution in [2.24, 2.45) is 5.92 Å². The fourth-order valence-corrected chi connectivity index (χ4v) is 3.70. The maximum absolute atomic E-state index is 12.5. The van der Waals surface area contributed by atoms with Gasteiger partial charge in [-0.25, -0.2) is 4.98 Å². The molecule has 3 aromatic rings. The van der Waals surface area contributed by atoms with Crippen LogP contribution in [0.3, 0.4) is 0 Å². The van der Waals surface area contributed by atoms with Crippen molar-refractivity contribution in [3.63, 3.8) is 0 Å². The molecule has 3 N–H and O–H groups in total. The van der Waals surface area contributed by atoms with Crippen LogP contribution in [0.15, 0.2) is 59.8 Å². The summed E-state index contributed by atoms with van der Waals surface area (Å²) in [4.78, 5) is 29.4. The average Bonchev–Trinajstić information content (AvgIpc) is 3.25. The molecule has 0 bridgehead atoms. The number of carbonyl (C=O) groups excluding carboxylic acids is 2. The van der Waals surface area contributed by atoms with E-state index in [9.17, 15) is 9.59 Å². The lowest BCUT2D eigenvalue weighted by atomic mass is 10.0. The third-order valence-corrected chi connectivity index (χ3v) is 5.62. The minimum absolute atomic E-state index is 0.104. The highest BCUT2D eigenvalue weighted by Gasteiger charge is 2.23. The van der Waals surface area contributed by atoms with Crippen LogP contribution in [0.4, 0.5) is 5.69 Å². The molecule has 162 valence electrons. The number of nitrogens with zero attached hydrogens (tertiary/aromatic N) is 2. The molecule has 1 atom stereocenters. The van der Waals surface area contributed by atoms with Gasteiger partial charge in [-0.1, -0.05) is 68.9 Å². The van der Waals surface area contributed by atoms with Crippen LogP contribution in [-0.4, -0.2) is 32.7 Å². The Morgan fingerprint density at radius 2 is 1.77 bits per heavy atom. The number of aromatic nitrogens is 3. The second-order valence-corrected chi connectivity index (χ2v) is 8.35. The highest BCUT2D eigenvalue weighted by molar-refractivity contribution is 7.99. The van der Waals surface area contributed by atoms with Crippen molar-refractivity contribution >= 4 is 29.3 Å². The molecule has 2 aromatic carbocycles. The first kappa shape index (κ1) is 22.6. The summed E-state index contributed by atoms with van der Waals surface area (Å²) in [6, 6.07) is 16.5. The van der Waals surface area contributed by atoms with Crippen LogP contribution in [0.2, 0.25) is 0 Å². The second kappa shape index (κ2) is 10.8. The molecular weight excluding hydrogens is 410 g/mol. The van der Waals surface area contributed by atoms with Crippen LogP contribution in [0, 0.1) is 5.92 Å². The van der Waals surface area contributed by atoms with Crippen LogP contribution in [-0.2, 0) is 11.2 Å². The Morgan fingerprint density at radius 1 is 1.06 bits per heavy atom. The van der Waals surface area contributed by atoms with Crippen LogP contribution < -0.4 is 10.6 Å². The molecule has 0 saturated heterocycles. The largest absolute Gasteiger partial charge is 0.342 e. The van der Waals surface area contributed by atoms with Crippen molar-refractivity contribution in [2.75, 3.05) is 11.1 Å². The smallest absolute Gasteiger partial charge is 0.251 e. The summed E-state index contributed by atoms with van der Waals surface area (Å²) in [5.74, 6) is 0.581. The fraction of sp³-hybridized carbons (Fsp3) is 0.304. The predicted octanol–water partition coefficient (Wildman–Crippen LogP) is 4.23. The molecule has 0 aliphatic carbocycles. The Balaban J connectivity index is 1.60. The fourth-order valence-electron chi connectivity index (χ4n) is 3.09. The molecule has 0 aliphatic rings. The van der Waals surface area contributed by atoms with Crippen molar-refractivity contribution < 1.29 is 9.59 Å². The van der Waals surface area contributed by atoms with Crippen LogP contribution >= 0.6 is 11.8 Å². The van der Waals surface area contributed by atoms with Gasteiger partial charge in [-0.3, -0.25) is 14.7 Å². The van der Waals surface area contributed by atoms with E-state index in [-0.39, 0.29) is 29.5 Å². The third-order valence-electron chi connectivity index (χ3n) is 4.77. The number of amides is 2. The zero-order chi connectivity index (χ0) is 22.2. The number of hydrogen-bond acceptors (Lipinski definition) is 5. The van der Waals surface area contributed by atoms with Gasteiger partial charge in [-0.15, -0.1) is 5.10 Å². The maximum Gasteiger partial charge on any atom is 0.251 e. The van der Waals surface area contributed by atoms with E-state index in [4.69, 9.17) is 0 Å². The normalized spacial score (nSPS) is 11.9. The summed E-state index contributed by atoms with van der Waals surface area (Å²) >= 11 is 1.25. The van der Waals surface area contributed by atoms with Crippen LogP contribution in [0.5, 0.6) is 0 Å². The number of benzene rings is 2. The van der Waals surface area contributed by atoms with E-state index < -0.39 is 0 Å². The van der Waals surface area contributed by atoms with Crippen molar-refractivity contribution in [3.05, 3.63) is 71.5 Å².